The van der Waals surface area contributed by atoms with Crippen molar-refractivity contribution < 1.29 is 14.4 Å². The minimum atomic E-state index is -0.452. The molecule has 1 amide bonds. The minimum absolute atomic E-state index is 0.0854. The lowest BCUT2D eigenvalue weighted by Gasteiger charge is -2.30. The number of nitrogens with one attached hydrogen (secondary N) is 1. The minimum Gasteiger partial charge on any atom is -0.391 e. The van der Waals surface area contributed by atoms with E-state index in [0.29, 0.717) is 42.6 Å². The van der Waals surface area contributed by atoms with Crippen LogP contribution in [0, 0.1) is 6.92 Å². The summed E-state index contributed by atoms with van der Waals surface area (Å²) in [5.74, 6) is 0.891. The van der Waals surface area contributed by atoms with Crippen molar-refractivity contribution in [3.05, 3.63) is 65.5 Å². The zero-order valence-corrected chi connectivity index (χ0v) is 16.3. The van der Waals surface area contributed by atoms with Gasteiger partial charge in [-0.2, -0.15) is 4.98 Å². The van der Waals surface area contributed by atoms with Gasteiger partial charge in [-0.3, -0.25) is 4.79 Å². The molecule has 0 saturated carbocycles. The van der Waals surface area contributed by atoms with Crippen LogP contribution in [0.2, 0.25) is 0 Å². The van der Waals surface area contributed by atoms with E-state index < -0.39 is 6.10 Å². The van der Waals surface area contributed by atoms with Gasteiger partial charge in [0.25, 0.3) is 5.91 Å². The smallest absolute Gasteiger partial charge is 0.256 e. The molecule has 1 aromatic heterocycles. The highest BCUT2D eigenvalue weighted by atomic mass is 16.5. The Balaban J connectivity index is 1.45. The van der Waals surface area contributed by atoms with Crippen LogP contribution in [-0.2, 0) is 6.54 Å². The van der Waals surface area contributed by atoms with Gasteiger partial charge in [-0.05, 0) is 31.9 Å². The van der Waals surface area contributed by atoms with Crippen LogP contribution in [0.4, 0.5) is 5.69 Å². The Morgan fingerprint density at radius 1 is 1.24 bits per heavy atom. The molecule has 7 nitrogen and oxygen atoms in total. The summed E-state index contributed by atoms with van der Waals surface area (Å²) in [5, 5.41) is 17.1. The molecule has 1 fully saturated rings. The van der Waals surface area contributed by atoms with Gasteiger partial charge in [0.1, 0.15) is 0 Å². The first-order valence-corrected chi connectivity index (χ1v) is 9.80. The molecule has 0 bridgehead atoms. The number of hydrogen-bond acceptors (Lipinski definition) is 6. The number of anilines is 1. The highest BCUT2D eigenvalue weighted by molar-refractivity contribution is 5.99. The van der Waals surface area contributed by atoms with Gasteiger partial charge in [-0.1, -0.05) is 47.1 Å². The van der Waals surface area contributed by atoms with Crippen molar-refractivity contribution in [1.82, 2.24) is 15.0 Å². The zero-order chi connectivity index (χ0) is 20.2. The molecular formula is C22H24N4O3. The van der Waals surface area contributed by atoms with Crippen molar-refractivity contribution in [1.29, 1.82) is 0 Å². The maximum Gasteiger partial charge on any atom is 0.256 e. The number of carbonyl (C=O) groups is 1. The average Bonchev–Trinajstić information content (AvgIpc) is 3.21. The summed E-state index contributed by atoms with van der Waals surface area (Å²) in [4.78, 5) is 19.1. The first kappa shape index (κ1) is 19.1. The number of nitrogens with zero attached hydrogens (tertiary/aromatic N) is 3. The SMILES string of the molecule is Cc1ccc(-c2noc(CNc3ccccc3C(=O)N3CCC[C@@H](O)C3)n2)cc1. The van der Waals surface area contributed by atoms with Crippen LogP contribution in [0.15, 0.2) is 53.1 Å². The number of aliphatic hydroxyl groups is 1. The quantitative estimate of drug-likeness (QED) is 0.693. The second-order valence-electron chi connectivity index (χ2n) is 7.32. The Labute approximate surface area is 169 Å². The van der Waals surface area contributed by atoms with Gasteiger partial charge in [-0.15, -0.1) is 0 Å². The highest BCUT2D eigenvalue weighted by Gasteiger charge is 2.24. The third kappa shape index (κ3) is 4.46. The van der Waals surface area contributed by atoms with Gasteiger partial charge < -0.3 is 19.8 Å². The number of aryl methyl sites for hydroxylation is 1. The fourth-order valence-electron chi connectivity index (χ4n) is 3.45. The molecule has 3 aromatic rings. The Hall–Kier alpha value is -3.19. The number of amides is 1. The first-order chi connectivity index (χ1) is 14.1. The van der Waals surface area contributed by atoms with Crippen molar-refractivity contribution in [3.63, 3.8) is 0 Å². The summed E-state index contributed by atoms with van der Waals surface area (Å²) in [5.41, 5.74) is 3.33. The van der Waals surface area contributed by atoms with Crippen molar-refractivity contribution in [2.75, 3.05) is 18.4 Å². The summed E-state index contributed by atoms with van der Waals surface area (Å²) in [7, 11) is 0. The van der Waals surface area contributed by atoms with Gasteiger partial charge in [0.05, 0.1) is 18.2 Å². The monoisotopic (exact) mass is 392 g/mol. The van der Waals surface area contributed by atoms with Crippen molar-refractivity contribution in [2.45, 2.75) is 32.4 Å². The van der Waals surface area contributed by atoms with Gasteiger partial charge in [0, 0.05) is 24.3 Å². The Morgan fingerprint density at radius 2 is 2.03 bits per heavy atom. The third-order valence-electron chi connectivity index (χ3n) is 5.05. The number of likely N-dealkylation sites (tertiary alicyclic amines) is 1. The summed E-state index contributed by atoms with van der Waals surface area (Å²) in [6, 6.07) is 15.3. The van der Waals surface area contributed by atoms with Crippen LogP contribution in [-0.4, -0.2) is 45.2 Å². The van der Waals surface area contributed by atoms with Crippen molar-refractivity contribution >= 4 is 11.6 Å². The van der Waals surface area contributed by atoms with E-state index in [-0.39, 0.29) is 5.91 Å². The number of piperidine rings is 1. The number of carbonyl (C=O) groups excluding carboxylic acids is 1. The maximum atomic E-state index is 12.9. The fraction of sp³-hybridized carbons (Fsp3) is 0.318. The number of para-hydroxylation sites is 1. The molecule has 0 spiro atoms. The number of β-amino-alcohol motifs (C(OH)–C–C–N with tert-alkyl or cyclic N) is 1. The van der Waals surface area contributed by atoms with Gasteiger partial charge in [-0.25, -0.2) is 0 Å². The normalized spacial score (nSPS) is 16.6. The Bertz CT molecular complexity index is 984. The number of rotatable bonds is 5. The molecular weight excluding hydrogens is 368 g/mol. The molecule has 2 heterocycles. The van der Waals surface area contributed by atoms with E-state index in [4.69, 9.17) is 4.52 Å². The molecule has 2 N–H and O–H groups in total. The molecule has 0 radical (unpaired) electrons. The van der Waals surface area contributed by atoms with Crippen LogP contribution in [0.1, 0.15) is 34.7 Å². The molecule has 29 heavy (non-hydrogen) atoms. The van der Waals surface area contributed by atoms with Crippen LogP contribution in [0.25, 0.3) is 11.4 Å². The Morgan fingerprint density at radius 3 is 2.83 bits per heavy atom. The molecule has 0 unspecified atom stereocenters. The molecule has 150 valence electrons. The number of aromatic nitrogens is 2. The lowest BCUT2D eigenvalue weighted by Crippen LogP contribution is -2.42. The molecule has 1 aliphatic rings. The zero-order valence-electron chi connectivity index (χ0n) is 16.3. The molecule has 1 atom stereocenters. The van der Waals surface area contributed by atoms with Gasteiger partial charge >= 0.3 is 0 Å². The number of aliphatic hydroxyl groups excluding tert-OH is 1. The summed E-state index contributed by atoms with van der Waals surface area (Å²) < 4.78 is 5.35. The van der Waals surface area contributed by atoms with E-state index in [1.807, 2.05) is 49.4 Å². The Kier molecular flexibility index (Phi) is 5.57. The molecule has 1 saturated heterocycles. The standard InChI is InChI=1S/C22H24N4O3/c1-15-8-10-16(11-9-15)21-24-20(29-25-21)13-23-19-7-3-2-6-18(19)22(28)26-12-4-5-17(27)14-26/h2-3,6-11,17,23,27H,4-5,12-14H2,1H3/t17-/m1/s1. The van der Waals surface area contributed by atoms with Crippen molar-refractivity contribution in [2.24, 2.45) is 0 Å². The van der Waals surface area contributed by atoms with E-state index in [9.17, 15) is 9.90 Å². The largest absolute Gasteiger partial charge is 0.391 e. The molecule has 7 heteroatoms. The second kappa shape index (κ2) is 8.45. The van der Waals surface area contributed by atoms with E-state index in [2.05, 4.69) is 15.5 Å². The predicted molar refractivity (Wildman–Crippen MR) is 109 cm³/mol. The van der Waals surface area contributed by atoms with Crippen LogP contribution in [0.5, 0.6) is 0 Å². The first-order valence-electron chi connectivity index (χ1n) is 9.80. The predicted octanol–water partition coefficient (Wildman–Crippen LogP) is 3.25. The number of benzene rings is 2. The lowest BCUT2D eigenvalue weighted by molar-refractivity contribution is 0.0474. The molecule has 0 aliphatic carbocycles. The summed E-state index contributed by atoms with van der Waals surface area (Å²) >= 11 is 0. The van der Waals surface area contributed by atoms with Gasteiger partial charge in [0.15, 0.2) is 0 Å². The molecule has 4 rings (SSSR count). The van der Waals surface area contributed by atoms with Crippen molar-refractivity contribution in [3.8, 4) is 11.4 Å². The van der Waals surface area contributed by atoms with Crippen LogP contribution >= 0.6 is 0 Å². The van der Waals surface area contributed by atoms with E-state index in [1.54, 1.807) is 11.0 Å². The number of hydrogen-bond donors (Lipinski definition) is 2. The highest BCUT2D eigenvalue weighted by Crippen LogP contribution is 2.21. The average molecular weight is 392 g/mol. The van der Waals surface area contributed by atoms with Crippen LogP contribution in [0.3, 0.4) is 0 Å². The second-order valence-corrected chi connectivity index (χ2v) is 7.32. The van der Waals surface area contributed by atoms with Gasteiger partial charge in [0.2, 0.25) is 11.7 Å². The fourth-order valence-corrected chi connectivity index (χ4v) is 3.45. The van der Waals surface area contributed by atoms with Crippen LogP contribution < -0.4 is 5.32 Å². The summed E-state index contributed by atoms with van der Waals surface area (Å²) in [6.45, 7) is 3.37. The topological polar surface area (TPSA) is 91.5 Å². The maximum absolute atomic E-state index is 12.9. The van der Waals surface area contributed by atoms with E-state index in [1.165, 1.54) is 5.56 Å². The molecule has 2 aromatic carbocycles. The summed E-state index contributed by atoms with van der Waals surface area (Å²) in [6.07, 6.45) is 1.10. The van der Waals surface area contributed by atoms with E-state index >= 15 is 0 Å². The lowest BCUT2D eigenvalue weighted by atomic mass is 10.1. The third-order valence-corrected chi connectivity index (χ3v) is 5.05. The van der Waals surface area contributed by atoms with E-state index in [0.717, 1.165) is 18.4 Å². The molecule has 1 aliphatic heterocycles.